The average molecular weight is 322 g/mol. The molecular weight excluding hydrogens is 304 g/mol. The Morgan fingerprint density at radius 1 is 1.21 bits per heavy atom. The number of aryl methyl sites for hydroxylation is 1. The molecule has 0 saturated carbocycles. The monoisotopic (exact) mass is 322 g/mol. The van der Waals surface area contributed by atoms with Gasteiger partial charge in [-0.05, 0) is 6.42 Å². The van der Waals surface area contributed by atoms with E-state index in [-0.39, 0.29) is 5.91 Å². The molecule has 6 nitrogen and oxygen atoms in total. The van der Waals surface area contributed by atoms with E-state index in [1.165, 1.54) is 12.4 Å². The molecule has 3 rings (SSSR count). The summed E-state index contributed by atoms with van der Waals surface area (Å²) in [6.45, 7) is 0.608. The summed E-state index contributed by atoms with van der Waals surface area (Å²) in [6.07, 6.45) is 6.04. The molecule has 2 aromatic heterocycles. The van der Waals surface area contributed by atoms with Crippen molar-refractivity contribution < 1.29 is 9.32 Å². The third-order valence-corrected chi connectivity index (χ3v) is 3.67. The SMILES string of the molecule is CN(CCCc1cc(-c2ccccc2)no1)C(=O)c1cnccn1. The first-order valence-corrected chi connectivity index (χ1v) is 7.76. The number of nitrogens with zero attached hydrogens (tertiary/aromatic N) is 4. The highest BCUT2D eigenvalue weighted by molar-refractivity contribution is 5.91. The largest absolute Gasteiger partial charge is 0.361 e. The van der Waals surface area contributed by atoms with Gasteiger partial charge < -0.3 is 9.42 Å². The fourth-order valence-electron chi connectivity index (χ4n) is 2.37. The Morgan fingerprint density at radius 2 is 2.04 bits per heavy atom. The molecule has 24 heavy (non-hydrogen) atoms. The van der Waals surface area contributed by atoms with E-state index in [0.717, 1.165) is 29.9 Å². The Morgan fingerprint density at radius 3 is 2.79 bits per heavy atom. The van der Waals surface area contributed by atoms with Crippen molar-refractivity contribution in [3.63, 3.8) is 0 Å². The second kappa shape index (κ2) is 7.50. The van der Waals surface area contributed by atoms with Gasteiger partial charge in [0.25, 0.3) is 5.91 Å². The van der Waals surface area contributed by atoms with Crippen molar-refractivity contribution >= 4 is 5.91 Å². The van der Waals surface area contributed by atoms with Gasteiger partial charge in [0, 0.05) is 44.0 Å². The third kappa shape index (κ3) is 3.84. The van der Waals surface area contributed by atoms with Crippen molar-refractivity contribution in [2.45, 2.75) is 12.8 Å². The van der Waals surface area contributed by atoms with Crippen LogP contribution in [0.2, 0.25) is 0 Å². The molecule has 0 fully saturated rings. The summed E-state index contributed by atoms with van der Waals surface area (Å²) in [4.78, 5) is 21.7. The number of benzene rings is 1. The van der Waals surface area contributed by atoms with Crippen LogP contribution in [0.25, 0.3) is 11.3 Å². The van der Waals surface area contributed by atoms with Crippen molar-refractivity contribution in [2.24, 2.45) is 0 Å². The van der Waals surface area contributed by atoms with Crippen LogP contribution in [0, 0.1) is 0 Å². The summed E-state index contributed by atoms with van der Waals surface area (Å²) < 4.78 is 5.37. The topological polar surface area (TPSA) is 72.1 Å². The van der Waals surface area contributed by atoms with E-state index < -0.39 is 0 Å². The molecule has 6 heteroatoms. The lowest BCUT2D eigenvalue weighted by Gasteiger charge is -2.15. The van der Waals surface area contributed by atoms with Gasteiger partial charge in [0.05, 0.1) is 6.20 Å². The predicted octanol–water partition coefficient (Wildman–Crippen LogP) is 2.84. The van der Waals surface area contributed by atoms with Crippen LogP contribution in [0.3, 0.4) is 0 Å². The molecule has 1 aromatic carbocycles. The molecule has 0 aliphatic heterocycles. The van der Waals surface area contributed by atoms with Crippen LogP contribution >= 0.6 is 0 Å². The van der Waals surface area contributed by atoms with Crippen molar-refractivity contribution in [2.75, 3.05) is 13.6 Å². The molecule has 122 valence electrons. The van der Waals surface area contributed by atoms with Crippen LogP contribution in [0.5, 0.6) is 0 Å². The zero-order chi connectivity index (χ0) is 16.8. The Hall–Kier alpha value is -3.02. The third-order valence-electron chi connectivity index (χ3n) is 3.67. The van der Waals surface area contributed by atoms with Crippen LogP contribution in [0.1, 0.15) is 22.7 Å². The summed E-state index contributed by atoms with van der Waals surface area (Å²) >= 11 is 0. The molecule has 3 aromatic rings. The zero-order valence-electron chi connectivity index (χ0n) is 13.4. The maximum absolute atomic E-state index is 12.2. The van der Waals surface area contributed by atoms with E-state index in [0.29, 0.717) is 12.2 Å². The van der Waals surface area contributed by atoms with Gasteiger partial charge in [-0.25, -0.2) is 4.98 Å². The quantitative estimate of drug-likeness (QED) is 0.698. The highest BCUT2D eigenvalue weighted by atomic mass is 16.5. The number of hydrogen-bond acceptors (Lipinski definition) is 5. The number of aromatic nitrogens is 3. The minimum atomic E-state index is -0.134. The zero-order valence-corrected chi connectivity index (χ0v) is 13.4. The maximum atomic E-state index is 12.2. The Kier molecular flexibility index (Phi) is 4.96. The second-order valence-electron chi connectivity index (χ2n) is 5.47. The minimum absolute atomic E-state index is 0.134. The first-order chi connectivity index (χ1) is 11.7. The van der Waals surface area contributed by atoms with Gasteiger partial charge in [-0.1, -0.05) is 35.5 Å². The second-order valence-corrected chi connectivity index (χ2v) is 5.47. The molecule has 0 aliphatic rings. The van der Waals surface area contributed by atoms with E-state index >= 15 is 0 Å². The van der Waals surface area contributed by atoms with Gasteiger partial charge in [-0.15, -0.1) is 0 Å². The standard InChI is InChI=1S/C18H18N4O2/c1-22(18(23)17-13-19-9-10-20-17)11-5-8-15-12-16(21-24-15)14-6-3-2-4-7-14/h2-4,6-7,9-10,12-13H,5,8,11H2,1H3. The predicted molar refractivity (Wildman–Crippen MR) is 89.3 cm³/mol. The van der Waals surface area contributed by atoms with Crippen LogP contribution in [0.15, 0.2) is 59.5 Å². The van der Waals surface area contributed by atoms with Crippen LogP contribution < -0.4 is 0 Å². The lowest BCUT2D eigenvalue weighted by molar-refractivity contribution is 0.0786. The number of carbonyl (C=O) groups is 1. The fourth-order valence-corrected chi connectivity index (χ4v) is 2.37. The van der Waals surface area contributed by atoms with Crippen LogP contribution in [-0.4, -0.2) is 39.5 Å². The molecule has 0 saturated heterocycles. The van der Waals surface area contributed by atoms with E-state index in [9.17, 15) is 4.79 Å². The van der Waals surface area contributed by atoms with Gasteiger partial charge in [-0.2, -0.15) is 0 Å². The normalized spacial score (nSPS) is 10.5. The molecule has 0 unspecified atom stereocenters. The Labute approximate surface area is 140 Å². The first kappa shape index (κ1) is 15.9. The molecule has 0 bridgehead atoms. The van der Waals surface area contributed by atoms with Crippen molar-refractivity contribution in [1.29, 1.82) is 0 Å². The Bertz CT molecular complexity index is 787. The molecule has 0 spiro atoms. The van der Waals surface area contributed by atoms with Gasteiger partial charge in [-0.3, -0.25) is 9.78 Å². The van der Waals surface area contributed by atoms with Crippen LogP contribution in [-0.2, 0) is 6.42 Å². The van der Waals surface area contributed by atoms with Gasteiger partial charge >= 0.3 is 0 Å². The summed E-state index contributed by atoms with van der Waals surface area (Å²) in [5.41, 5.74) is 2.21. The van der Waals surface area contributed by atoms with Gasteiger partial charge in [0.2, 0.25) is 0 Å². The van der Waals surface area contributed by atoms with E-state index in [1.807, 2.05) is 36.4 Å². The summed E-state index contributed by atoms with van der Waals surface area (Å²) in [7, 11) is 1.76. The van der Waals surface area contributed by atoms with E-state index in [2.05, 4.69) is 15.1 Å². The molecule has 2 heterocycles. The minimum Gasteiger partial charge on any atom is -0.361 e. The number of amides is 1. The lowest BCUT2D eigenvalue weighted by Crippen LogP contribution is -2.28. The molecule has 0 N–H and O–H groups in total. The lowest BCUT2D eigenvalue weighted by atomic mass is 10.1. The van der Waals surface area contributed by atoms with E-state index in [4.69, 9.17) is 4.52 Å². The van der Waals surface area contributed by atoms with Crippen molar-refractivity contribution in [3.05, 3.63) is 66.4 Å². The summed E-state index contributed by atoms with van der Waals surface area (Å²) in [5, 5.41) is 4.09. The molecule has 0 radical (unpaired) electrons. The molecule has 1 amide bonds. The molecule has 0 atom stereocenters. The van der Waals surface area contributed by atoms with Crippen LogP contribution in [0.4, 0.5) is 0 Å². The molecular formula is C18H18N4O2. The van der Waals surface area contributed by atoms with Gasteiger partial charge in [0.15, 0.2) is 0 Å². The average Bonchev–Trinajstić information content (AvgIpc) is 3.11. The van der Waals surface area contributed by atoms with Gasteiger partial charge in [0.1, 0.15) is 17.1 Å². The highest BCUT2D eigenvalue weighted by Gasteiger charge is 2.13. The number of carbonyl (C=O) groups excluding carboxylic acids is 1. The van der Waals surface area contributed by atoms with Crippen molar-refractivity contribution in [3.8, 4) is 11.3 Å². The summed E-state index contributed by atoms with van der Waals surface area (Å²) in [5.74, 6) is 0.680. The maximum Gasteiger partial charge on any atom is 0.273 e. The summed E-state index contributed by atoms with van der Waals surface area (Å²) in [6, 6.07) is 11.8. The van der Waals surface area contributed by atoms with Crippen molar-refractivity contribution in [1.82, 2.24) is 20.0 Å². The molecule has 0 aliphatic carbocycles. The fraction of sp³-hybridized carbons (Fsp3) is 0.222. The number of rotatable bonds is 6. The van der Waals surface area contributed by atoms with E-state index in [1.54, 1.807) is 18.1 Å². The highest BCUT2D eigenvalue weighted by Crippen LogP contribution is 2.19. The Balaban J connectivity index is 1.52. The smallest absolute Gasteiger partial charge is 0.273 e. The first-order valence-electron chi connectivity index (χ1n) is 7.76. The number of hydrogen-bond donors (Lipinski definition) is 0.